The Morgan fingerprint density at radius 1 is 1.30 bits per heavy atom. The van der Waals surface area contributed by atoms with E-state index in [0.29, 0.717) is 18.3 Å². The topological polar surface area (TPSA) is 56.8 Å². The van der Waals surface area contributed by atoms with E-state index in [1.54, 1.807) is 7.11 Å². The quantitative estimate of drug-likeness (QED) is 0.719. The number of methoxy groups -OCH3 is 1. The van der Waals surface area contributed by atoms with Gasteiger partial charge in [-0.05, 0) is 73.5 Å². The van der Waals surface area contributed by atoms with Crippen molar-refractivity contribution in [3.05, 3.63) is 23.8 Å². The maximum absolute atomic E-state index is 12.4. The summed E-state index contributed by atoms with van der Waals surface area (Å²) >= 11 is 0. The van der Waals surface area contributed by atoms with Gasteiger partial charge in [-0.15, -0.1) is 0 Å². The van der Waals surface area contributed by atoms with E-state index in [-0.39, 0.29) is 35.0 Å². The number of benzene rings is 1. The van der Waals surface area contributed by atoms with Crippen LogP contribution in [0.3, 0.4) is 0 Å². The highest BCUT2D eigenvalue weighted by Crippen LogP contribution is 2.70. The zero-order chi connectivity index (χ0) is 21.7. The molecule has 30 heavy (non-hydrogen) atoms. The van der Waals surface area contributed by atoms with E-state index in [1.807, 2.05) is 26.8 Å². The van der Waals surface area contributed by atoms with Crippen LogP contribution in [0.25, 0.3) is 0 Å². The molecule has 4 rings (SSSR count). The molecule has 3 fully saturated rings. The predicted octanol–water partition coefficient (Wildman–Crippen LogP) is 4.89. The van der Waals surface area contributed by atoms with Crippen LogP contribution in [0.5, 0.6) is 11.5 Å². The number of hydrogen-bond donors (Lipinski definition) is 1. The first-order valence-electron chi connectivity index (χ1n) is 11.5. The van der Waals surface area contributed by atoms with Crippen LogP contribution in [0.1, 0.15) is 72.0 Å². The third kappa shape index (κ3) is 3.30. The molecule has 1 heterocycles. The Morgan fingerprint density at radius 2 is 2.07 bits per heavy atom. The number of nitrogens with one attached hydrogen (secondary N) is 1. The molecule has 3 aliphatic rings. The molecule has 1 aromatic carbocycles. The molecule has 1 aromatic rings. The minimum atomic E-state index is 0.0304. The molecule has 2 bridgehead atoms. The zero-order valence-corrected chi connectivity index (χ0v) is 19.3. The van der Waals surface area contributed by atoms with Gasteiger partial charge >= 0.3 is 0 Å². The van der Waals surface area contributed by atoms with E-state index >= 15 is 0 Å². The summed E-state index contributed by atoms with van der Waals surface area (Å²) in [6.07, 6.45) is 4.02. The SMILES string of the molecule is CCC(=O)N[C@@H]1C(C)(C)[C@@H]2C[C@@H]3[C@@H](c4ccc(OC(C)C)c(OC)c4)OCCC31C2. The third-order valence-corrected chi connectivity index (χ3v) is 8.01. The van der Waals surface area contributed by atoms with E-state index in [0.717, 1.165) is 36.5 Å². The van der Waals surface area contributed by atoms with Crippen molar-refractivity contribution in [2.75, 3.05) is 13.7 Å². The molecule has 5 heteroatoms. The lowest BCUT2D eigenvalue weighted by Gasteiger charge is -2.53. The minimum Gasteiger partial charge on any atom is -0.493 e. The average molecular weight is 416 g/mol. The largest absolute Gasteiger partial charge is 0.493 e. The molecule has 0 aromatic heterocycles. The molecule has 1 N–H and O–H groups in total. The lowest BCUT2D eigenvalue weighted by atomic mass is 9.59. The number of carbonyl (C=O) groups excluding carboxylic acids is 1. The van der Waals surface area contributed by atoms with E-state index < -0.39 is 0 Å². The van der Waals surface area contributed by atoms with Gasteiger partial charge in [-0.3, -0.25) is 4.79 Å². The first-order valence-corrected chi connectivity index (χ1v) is 11.5. The van der Waals surface area contributed by atoms with Crippen molar-refractivity contribution in [2.24, 2.45) is 22.7 Å². The summed E-state index contributed by atoms with van der Waals surface area (Å²) in [6, 6.07) is 6.42. The Hall–Kier alpha value is -1.75. The lowest BCUT2D eigenvalue weighted by Crippen LogP contribution is -2.58. The maximum atomic E-state index is 12.4. The van der Waals surface area contributed by atoms with Gasteiger partial charge in [-0.25, -0.2) is 0 Å². The summed E-state index contributed by atoms with van der Waals surface area (Å²) in [5, 5.41) is 3.43. The lowest BCUT2D eigenvalue weighted by molar-refractivity contribution is -0.137. The Kier molecular flexibility index (Phi) is 5.54. The van der Waals surface area contributed by atoms with Gasteiger partial charge in [0.05, 0.1) is 19.3 Å². The number of fused-ring (bicyclic) bond motifs is 1. The number of rotatable bonds is 6. The second kappa shape index (κ2) is 7.74. The monoisotopic (exact) mass is 415 g/mol. The van der Waals surface area contributed by atoms with Gasteiger partial charge in [0.15, 0.2) is 11.5 Å². The Bertz CT molecular complexity index is 804. The highest BCUT2D eigenvalue weighted by Gasteiger charge is 2.68. The van der Waals surface area contributed by atoms with Crippen LogP contribution < -0.4 is 14.8 Å². The first-order chi connectivity index (χ1) is 14.2. The smallest absolute Gasteiger partial charge is 0.219 e. The van der Waals surface area contributed by atoms with Crippen molar-refractivity contribution >= 4 is 5.91 Å². The molecule has 1 saturated heterocycles. The van der Waals surface area contributed by atoms with Crippen molar-refractivity contribution in [1.29, 1.82) is 0 Å². The molecule has 1 unspecified atom stereocenters. The van der Waals surface area contributed by atoms with Gasteiger partial charge in [0.25, 0.3) is 0 Å². The van der Waals surface area contributed by atoms with Gasteiger partial charge in [0, 0.05) is 19.1 Å². The van der Waals surface area contributed by atoms with Crippen molar-refractivity contribution in [1.82, 2.24) is 5.32 Å². The number of carbonyl (C=O) groups is 1. The Morgan fingerprint density at radius 3 is 2.73 bits per heavy atom. The molecule has 1 amide bonds. The first kappa shape index (κ1) is 21.5. The average Bonchev–Trinajstić information content (AvgIpc) is 3.20. The summed E-state index contributed by atoms with van der Waals surface area (Å²) in [5.74, 6) is 2.70. The van der Waals surface area contributed by atoms with Gasteiger partial charge in [-0.2, -0.15) is 0 Å². The number of ether oxygens (including phenoxy) is 3. The summed E-state index contributed by atoms with van der Waals surface area (Å²) in [5.41, 5.74) is 1.39. The van der Waals surface area contributed by atoms with Crippen molar-refractivity contribution in [3.63, 3.8) is 0 Å². The highest BCUT2D eigenvalue weighted by molar-refractivity contribution is 5.76. The predicted molar refractivity (Wildman–Crippen MR) is 117 cm³/mol. The fraction of sp³-hybridized carbons (Fsp3) is 0.720. The maximum Gasteiger partial charge on any atom is 0.219 e. The van der Waals surface area contributed by atoms with E-state index in [4.69, 9.17) is 14.2 Å². The molecule has 0 radical (unpaired) electrons. The molecule has 5 atom stereocenters. The standard InChI is InChI=1S/C25H37NO4/c1-7-21(27)26-23-24(4,5)17-13-18-22(29-11-10-25(18,23)14-17)16-8-9-19(30-15(2)3)20(12-16)28-6/h8-9,12,15,17-18,22-23H,7,10-11,13-14H2,1-6H3,(H,26,27)/t17-,18-,22-,23-,25?/m1/s1. The second-order valence-corrected chi connectivity index (χ2v) is 10.3. The van der Waals surface area contributed by atoms with E-state index in [9.17, 15) is 4.79 Å². The molecular weight excluding hydrogens is 378 g/mol. The van der Waals surface area contributed by atoms with Crippen molar-refractivity contribution in [2.45, 2.75) is 78.6 Å². The molecule has 166 valence electrons. The van der Waals surface area contributed by atoms with Crippen molar-refractivity contribution in [3.8, 4) is 11.5 Å². The molecule has 2 saturated carbocycles. The van der Waals surface area contributed by atoms with Gasteiger partial charge in [0.2, 0.25) is 5.91 Å². The summed E-state index contributed by atoms with van der Waals surface area (Å²) in [4.78, 5) is 12.4. The Labute approximate surface area is 180 Å². The molecular formula is C25H37NO4. The normalized spacial score (nSPS) is 34.0. The fourth-order valence-corrected chi connectivity index (χ4v) is 6.59. The van der Waals surface area contributed by atoms with Crippen LogP contribution in [0.2, 0.25) is 0 Å². The number of amides is 1. The van der Waals surface area contributed by atoms with Crippen LogP contribution in [0.4, 0.5) is 0 Å². The van der Waals surface area contributed by atoms with Crippen LogP contribution in [0.15, 0.2) is 18.2 Å². The summed E-state index contributed by atoms with van der Waals surface area (Å²) in [6.45, 7) is 11.4. The summed E-state index contributed by atoms with van der Waals surface area (Å²) < 4.78 is 17.9. The molecule has 1 spiro atoms. The van der Waals surface area contributed by atoms with Crippen LogP contribution in [0, 0.1) is 22.7 Å². The van der Waals surface area contributed by atoms with Crippen LogP contribution in [-0.2, 0) is 9.53 Å². The van der Waals surface area contributed by atoms with Crippen LogP contribution in [-0.4, -0.2) is 31.8 Å². The third-order valence-electron chi connectivity index (χ3n) is 8.01. The van der Waals surface area contributed by atoms with Crippen molar-refractivity contribution < 1.29 is 19.0 Å². The van der Waals surface area contributed by atoms with E-state index in [2.05, 4.69) is 31.3 Å². The molecule has 5 nitrogen and oxygen atoms in total. The summed E-state index contributed by atoms with van der Waals surface area (Å²) in [7, 11) is 1.69. The minimum absolute atomic E-state index is 0.0304. The van der Waals surface area contributed by atoms with Gasteiger partial charge in [-0.1, -0.05) is 26.8 Å². The van der Waals surface area contributed by atoms with Gasteiger partial charge in [0.1, 0.15) is 0 Å². The van der Waals surface area contributed by atoms with E-state index in [1.165, 1.54) is 6.42 Å². The molecule has 2 aliphatic carbocycles. The Balaban J connectivity index is 1.66. The molecule has 1 aliphatic heterocycles. The van der Waals surface area contributed by atoms with Gasteiger partial charge < -0.3 is 19.5 Å². The highest BCUT2D eigenvalue weighted by atomic mass is 16.5. The number of hydrogen-bond acceptors (Lipinski definition) is 4. The zero-order valence-electron chi connectivity index (χ0n) is 19.3. The second-order valence-electron chi connectivity index (χ2n) is 10.3. The fourth-order valence-electron chi connectivity index (χ4n) is 6.59. The van der Waals surface area contributed by atoms with Crippen LogP contribution >= 0.6 is 0 Å².